The third kappa shape index (κ3) is 1.82. The van der Waals surface area contributed by atoms with Crippen LogP contribution in [0.5, 0.6) is 0 Å². The van der Waals surface area contributed by atoms with Crippen LogP contribution in [0.25, 0.3) is 0 Å². The maximum atomic E-state index is 10.9. The van der Waals surface area contributed by atoms with E-state index in [1.807, 2.05) is 38.7 Å². The molecule has 0 saturated heterocycles. The third-order valence-corrected chi connectivity index (χ3v) is 1.92. The van der Waals surface area contributed by atoms with Gasteiger partial charge in [-0.05, 0) is 44.3 Å². The third-order valence-electron chi connectivity index (χ3n) is 1.92. The first kappa shape index (κ1) is 8.54. The normalized spacial score (nSPS) is 26.7. The van der Waals surface area contributed by atoms with Gasteiger partial charge in [0.2, 0.25) is 0 Å². The fourth-order valence-corrected chi connectivity index (χ4v) is 1.25. The highest BCUT2D eigenvalue weighted by molar-refractivity contribution is 5.88. The summed E-state index contributed by atoms with van der Waals surface area (Å²) >= 11 is 0. The summed E-state index contributed by atoms with van der Waals surface area (Å²) in [5.41, 5.74) is 0.881. The fraction of sp³-hybridized carbons (Fsp3) is 0.0909. The van der Waals surface area contributed by atoms with E-state index in [-0.39, 0.29) is 5.97 Å². The number of carbonyl (C=O) groups excluding carboxylic acids is 1. The van der Waals surface area contributed by atoms with Crippen molar-refractivity contribution >= 4 is 5.97 Å². The molecule has 65 valence electrons. The van der Waals surface area contributed by atoms with Crippen LogP contribution in [0.2, 0.25) is 0 Å². The van der Waals surface area contributed by atoms with Crippen molar-refractivity contribution in [1.29, 1.82) is 0 Å². The number of cyclic esters (lactones) is 1. The van der Waals surface area contributed by atoms with E-state index >= 15 is 0 Å². The van der Waals surface area contributed by atoms with Gasteiger partial charge < -0.3 is 4.74 Å². The number of rotatable bonds is 1. The van der Waals surface area contributed by atoms with Gasteiger partial charge in [0, 0.05) is 12.0 Å². The largest absolute Gasteiger partial charge is 0.423 e. The van der Waals surface area contributed by atoms with Crippen LogP contribution >= 0.6 is 0 Å². The molecule has 1 aliphatic carbocycles. The average Bonchev–Trinajstić information content (AvgIpc) is 2.63. The molecule has 0 N–H and O–H groups in total. The molecule has 0 bridgehead atoms. The van der Waals surface area contributed by atoms with Crippen molar-refractivity contribution in [3.63, 3.8) is 0 Å². The van der Waals surface area contributed by atoms with Gasteiger partial charge in [-0.15, -0.1) is 0 Å². The molecule has 1 saturated carbocycles. The minimum Gasteiger partial charge on any atom is -0.423 e. The molecule has 2 nitrogen and oxygen atoms in total. The van der Waals surface area contributed by atoms with Crippen molar-refractivity contribution in [3.05, 3.63) is 55.1 Å². The van der Waals surface area contributed by atoms with E-state index in [1.54, 1.807) is 0 Å². The molecule has 0 amide bonds. The summed E-state index contributed by atoms with van der Waals surface area (Å²) in [4.78, 5) is 10.9. The average molecular weight is 173 g/mol. The second-order valence-electron chi connectivity index (χ2n) is 2.98. The number of ether oxygens (including phenoxy) is 1. The summed E-state index contributed by atoms with van der Waals surface area (Å²) in [6.45, 7) is 1.86. The zero-order chi connectivity index (χ0) is 9.26. The Hall–Kier alpha value is -1.05. The van der Waals surface area contributed by atoms with E-state index in [9.17, 15) is 4.79 Å². The lowest BCUT2D eigenvalue weighted by molar-refractivity contribution is -0.132. The minimum absolute atomic E-state index is 0.282. The Bertz CT molecular complexity index is 280. The molecular weight excluding hydrogens is 164 g/mol. The summed E-state index contributed by atoms with van der Waals surface area (Å²) in [6, 6.07) is 0. The van der Waals surface area contributed by atoms with Gasteiger partial charge in [0.15, 0.2) is 0 Å². The van der Waals surface area contributed by atoms with Crippen molar-refractivity contribution in [2.24, 2.45) is 0 Å². The van der Waals surface area contributed by atoms with Gasteiger partial charge in [-0.1, -0.05) is 0 Å². The van der Waals surface area contributed by atoms with E-state index in [4.69, 9.17) is 4.74 Å². The Kier molecular flexibility index (Phi) is 2.21. The van der Waals surface area contributed by atoms with Crippen LogP contribution in [0.1, 0.15) is 6.92 Å². The molecule has 0 unspecified atom stereocenters. The quantitative estimate of drug-likeness (QED) is 0.565. The van der Waals surface area contributed by atoms with E-state index < -0.39 is 0 Å². The molecule has 0 aromatic carbocycles. The molecule has 2 aliphatic rings. The number of allylic oxidation sites excluding steroid dienone is 2. The smallest absolute Gasteiger partial charge is 0.336 e. The number of carbonyl (C=O) groups is 1. The monoisotopic (exact) mass is 173 g/mol. The van der Waals surface area contributed by atoms with Crippen molar-refractivity contribution in [3.8, 4) is 0 Å². The number of hydrogen-bond acceptors (Lipinski definition) is 2. The fourth-order valence-electron chi connectivity index (χ4n) is 1.25. The zero-order valence-electron chi connectivity index (χ0n) is 7.28. The maximum absolute atomic E-state index is 10.9. The van der Waals surface area contributed by atoms with Crippen molar-refractivity contribution < 1.29 is 9.53 Å². The molecule has 1 fully saturated rings. The van der Waals surface area contributed by atoms with Gasteiger partial charge in [-0.2, -0.15) is 0 Å². The van der Waals surface area contributed by atoms with Crippen LogP contribution < -0.4 is 0 Å². The molecule has 0 aromatic rings. The second-order valence-corrected chi connectivity index (χ2v) is 2.98. The summed E-state index contributed by atoms with van der Waals surface area (Å²) in [5, 5.41) is 0. The van der Waals surface area contributed by atoms with Gasteiger partial charge in [-0.25, -0.2) is 4.79 Å². The highest BCUT2D eigenvalue weighted by Gasteiger charge is 2.20. The topological polar surface area (TPSA) is 26.3 Å². The van der Waals surface area contributed by atoms with Crippen LogP contribution in [-0.2, 0) is 9.53 Å². The molecule has 2 heteroatoms. The summed E-state index contributed by atoms with van der Waals surface area (Å²) in [7, 11) is 0. The van der Waals surface area contributed by atoms with Crippen molar-refractivity contribution in [2.45, 2.75) is 6.92 Å². The second kappa shape index (κ2) is 3.36. The lowest BCUT2D eigenvalue weighted by Crippen LogP contribution is -1.94. The maximum Gasteiger partial charge on any atom is 0.336 e. The predicted octanol–water partition coefficient (Wildman–Crippen LogP) is 1.78. The van der Waals surface area contributed by atoms with E-state index in [1.165, 1.54) is 6.08 Å². The first-order valence-electron chi connectivity index (χ1n) is 4.09. The molecular formula is C11H9O2. The van der Waals surface area contributed by atoms with Gasteiger partial charge in [0.05, 0.1) is 0 Å². The lowest BCUT2D eigenvalue weighted by atomic mass is 10.1. The highest BCUT2D eigenvalue weighted by Crippen LogP contribution is 2.29. The first-order valence-corrected chi connectivity index (χ1v) is 4.09. The molecule has 0 aromatic heterocycles. The highest BCUT2D eigenvalue weighted by atomic mass is 16.5. The molecule has 0 atom stereocenters. The van der Waals surface area contributed by atoms with Crippen LogP contribution in [0.15, 0.2) is 23.5 Å². The Morgan fingerprint density at radius 2 is 2.00 bits per heavy atom. The molecule has 5 radical (unpaired) electrons. The molecule has 1 heterocycles. The number of esters is 1. The molecule has 13 heavy (non-hydrogen) atoms. The standard InChI is InChI=1S/C11H9O2/c1-8-6-11(12)13-10(8)7-9-4-2-3-5-9/h2-7H,1H3/b10-7-. The van der Waals surface area contributed by atoms with Gasteiger partial charge in [0.25, 0.3) is 0 Å². The van der Waals surface area contributed by atoms with Gasteiger partial charge in [-0.3, -0.25) is 0 Å². The number of hydrogen-bond donors (Lipinski definition) is 0. The van der Waals surface area contributed by atoms with E-state index in [0.29, 0.717) is 5.76 Å². The first-order chi connectivity index (χ1) is 6.25. The van der Waals surface area contributed by atoms with Crippen molar-refractivity contribution in [2.75, 3.05) is 0 Å². The Morgan fingerprint density at radius 1 is 1.31 bits per heavy atom. The zero-order valence-corrected chi connectivity index (χ0v) is 7.28. The van der Waals surface area contributed by atoms with Gasteiger partial charge >= 0.3 is 5.97 Å². The summed E-state index contributed by atoms with van der Waals surface area (Å²) in [5.74, 6) is 1.42. The SMILES string of the molecule is CC1=CC(=O)O/C1=C\[C]1[CH][CH][CH][CH]1. The summed E-state index contributed by atoms with van der Waals surface area (Å²) < 4.78 is 4.98. The summed E-state index contributed by atoms with van der Waals surface area (Å²) in [6.07, 6.45) is 11.2. The van der Waals surface area contributed by atoms with Crippen LogP contribution in [-0.4, -0.2) is 5.97 Å². The van der Waals surface area contributed by atoms with Crippen LogP contribution in [0.3, 0.4) is 0 Å². The van der Waals surface area contributed by atoms with Crippen LogP contribution in [0.4, 0.5) is 0 Å². The molecule has 2 rings (SSSR count). The van der Waals surface area contributed by atoms with Crippen molar-refractivity contribution in [1.82, 2.24) is 0 Å². The molecule has 1 aliphatic heterocycles. The predicted molar refractivity (Wildman–Crippen MR) is 48.4 cm³/mol. The lowest BCUT2D eigenvalue weighted by Gasteiger charge is -2.03. The Labute approximate surface area is 78.3 Å². The van der Waals surface area contributed by atoms with Gasteiger partial charge in [0.1, 0.15) is 5.76 Å². The van der Waals surface area contributed by atoms with E-state index in [0.717, 1.165) is 11.5 Å². The van der Waals surface area contributed by atoms with Crippen LogP contribution in [0, 0.1) is 31.6 Å². The Morgan fingerprint density at radius 3 is 2.54 bits per heavy atom. The molecule has 0 spiro atoms. The Balaban J connectivity index is 2.08. The van der Waals surface area contributed by atoms with E-state index in [2.05, 4.69) is 0 Å². The minimum atomic E-state index is -0.282.